The van der Waals surface area contributed by atoms with Crippen molar-refractivity contribution in [2.75, 3.05) is 54.4 Å². The monoisotopic (exact) mass is 580 g/mol. The molecular weight excluding hydrogens is 550 g/mol. The number of nitrogens with zero attached hydrogens (tertiary/aromatic N) is 6. The smallest absolute Gasteiger partial charge is 0.229 e. The van der Waals surface area contributed by atoms with Crippen LogP contribution in [0.5, 0.6) is 0 Å². The van der Waals surface area contributed by atoms with Crippen molar-refractivity contribution in [1.82, 2.24) is 29.7 Å². The van der Waals surface area contributed by atoms with Crippen molar-refractivity contribution in [2.45, 2.75) is 24.9 Å². The number of benzene rings is 1. The van der Waals surface area contributed by atoms with E-state index in [0.717, 1.165) is 36.5 Å². The summed E-state index contributed by atoms with van der Waals surface area (Å²) in [5.74, 6) is -0.134. The van der Waals surface area contributed by atoms with Crippen LogP contribution in [0, 0.1) is 11.6 Å². The summed E-state index contributed by atoms with van der Waals surface area (Å²) in [4.78, 5) is 17.7. The second-order valence-electron chi connectivity index (χ2n) is 11.1. The van der Waals surface area contributed by atoms with Crippen LogP contribution in [-0.2, 0) is 16.4 Å². The molecule has 1 saturated carbocycles. The van der Waals surface area contributed by atoms with Gasteiger partial charge in [0.15, 0.2) is 9.84 Å². The number of rotatable bonds is 6. The van der Waals surface area contributed by atoms with Gasteiger partial charge in [-0.2, -0.15) is 4.98 Å². The number of nitrogens with one attached hydrogen (secondary N) is 2. The number of sulfone groups is 1. The van der Waals surface area contributed by atoms with E-state index in [-0.39, 0.29) is 42.2 Å². The van der Waals surface area contributed by atoms with Gasteiger partial charge in [-0.3, -0.25) is 4.90 Å². The number of anilines is 3. The highest BCUT2D eigenvalue weighted by Gasteiger charge is 2.45. The fourth-order valence-electron chi connectivity index (χ4n) is 5.63. The highest BCUT2D eigenvalue weighted by Crippen LogP contribution is 2.38. The SMILES string of the molecule is O=S1(=O)CCN(Cc2c(F)cc(-n3ccc4cnc(Nc5ccnc(N6CCNC7(CC7)C6)c5)nc43)cc2F)CC1. The lowest BCUT2D eigenvalue weighted by atomic mass is 10.1. The molecule has 7 rings (SSSR count). The Morgan fingerprint density at radius 1 is 1.02 bits per heavy atom. The molecule has 0 radical (unpaired) electrons. The highest BCUT2D eigenvalue weighted by molar-refractivity contribution is 7.91. The number of pyridine rings is 1. The average Bonchev–Trinajstić information content (AvgIpc) is 3.55. The van der Waals surface area contributed by atoms with Crippen molar-refractivity contribution in [3.05, 3.63) is 66.1 Å². The first-order valence-electron chi connectivity index (χ1n) is 13.7. The van der Waals surface area contributed by atoms with E-state index in [1.807, 2.05) is 12.1 Å². The largest absolute Gasteiger partial charge is 0.353 e. The Morgan fingerprint density at radius 2 is 1.80 bits per heavy atom. The molecule has 2 saturated heterocycles. The minimum absolute atomic E-state index is 0.00298. The van der Waals surface area contributed by atoms with Crippen molar-refractivity contribution < 1.29 is 17.2 Å². The summed E-state index contributed by atoms with van der Waals surface area (Å²) in [5, 5.41) is 7.58. The van der Waals surface area contributed by atoms with Gasteiger partial charge < -0.3 is 20.1 Å². The second-order valence-corrected chi connectivity index (χ2v) is 13.4. The maximum absolute atomic E-state index is 15.2. The standard InChI is InChI=1S/C28H30F2N8O2S/c29-23-14-21(15-24(30)22(23)17-36-9-11-41(39,40)12-10-36)38-7-2-19-16-32-27(35-26(19)38)34-20-1-5-31-25(13-20)37-8-6-33-28(18-37)3-4-28/h1-2,5,7,13-16,33H,3-4,6,8-12,17-18H2,(H,31,32,34,35). The van der Waals surface area contributed by atoms with Crippen molar-refractivity contribution in [3.8, 4) is 5.69 Å². The van der Waals surface area contributed by atoms with E-state index in [4.69, 9.17) is 0 Å². The first-order chi connectivity index (χ1) is 19.8. The predicted molar refractivity (Wildman–Crippen MR) is 152 cm³/mol. The zero-order valence-corrected chi connectivity index (χ0v) is 23.2. The molecule has 13 heteroatoms. The minimum atomic E-state index is -3.08. The summed E-state index contributed by atoms with van der Waals surface area (Å²) in [6.07, 6.45) is 7.51. The molecule has 0 amide bonds. The van der Waals surface area contributed by atoms with E-state index >= 15 is 8.78 Å². The molecule has 0 unspecified atom stereocenters. The third-order valence-electron chi connectivity index (χ3n) is 8.20. The minimum Gasteiger partial charge on any atom is -0.353 e. The van der Waals surface area contributed by atoms with Crippen LogP contribution in [0.15, 0.2) is 48.9 Å². The number of aromatic nitrogens is 4. The van der Waals surface area contributed by atoms with Crippen LogP contribution in [0.2, 0.25) is 0 Å². The van der Waals surface area contributed by atoms with Gasteiger partial charge in [0.25, 0.3) is 0 Å². The average molecular weight is 581 g/mol. The molecule has 10 nitrogen and oxygen atoms in total. The van der Waals surface area contributed by atoms with Crippen molar-refractivity contribution in [3.63, 3.8) is 0 Å². The molecule has 5 heterocycles. The Labute approximate surface area is 236 Å². The normalized spacial score (nSPS) is 20.0. The Balaban J connectivity index is 1.12. The summed E-state index contributed by atoms with van der Waals surface area (Å²) in [7, 11) is -3.08. The molecule has 2 aliphatic heterocycles. The van der Waals surface area contributed by atoms with E-state index in [1.165, 1.54) is 25.0 Å². The topological polar surface area (TPSA) is 108 Å². The number of hydrogen-bond acceptors (Lipinski definition) is 9. The summed E-state index contributed by atoms with van der Waals surface area (Å²) in [6.45, 7) is 3.28. The molecule has 4 aromatic rings. The maximum Gasteiger partial charge on any atom is 0.229 e. The number of hydrogen-bond donors (Lipinski definition) is 2. The number of halogens is 2. The van der Waals surface area contributed by atoms with Gasteiger partial charge in [0.05, 0.1) is 17.2 Å². The van der Waals surface area contributed by atoms with Gasteiger partial charge in [-0.05, 0) is 37.1 Å². The van der Waals surface area contributed by atoms with Crippen LogP contribution >= 0.6 is 0 Å². The zero-order chi connectivity index (χ0) is 28.2. The molecule has 0 bridgehead atoms. The molecule has 2 N–H and O–H groups in total. The van der Waals surface area contributed by atoms with Gasteiger partial charge in [-0.1, -0.05) is 0 Å². The molecular formula is C28H30F2N8O2S. The van der Waals surface area contributed by atoms with E-state index in [2.05, 4.69) is 30.5 Å². The lowest BCUT2D eigenvalue weighted by Crippen LogP contribution is -2.52. The third-order valence-corrected chi connectivity index (χ3v) is 9.81. The molecule has 1 aliphatic carbocycles. The molecule has 3 aromatic heterocycles. The van der Waals surface area contributed by atoms with Crippen molar-refractivity contribution >= 4 is 38.3 Å². The summed E-state index contributed by atoms with van der Waals surface area (Å²) >= 11 is 0. The molecule has 41 heavy (non-hydrogen) atoms. The molecule has 214 valence electrons. The van der Waals surface area contributed by atoms with Gasteiger partial charge in [0.1, 0.15) is 23.1 Å². The predicted octanol–water partition coefficient (Wildman–Crippen LogP) is 3.01. The Bertz CT molecular complexity index is 1700. The van der Waals surface area contributed by atoms with Gasteiger partial charge in [-0.15, -0.1) is 0 Å². The van der Waals surface area contributed by atoms with Gasteiger partial charge in [0.2, 0.25) is 5.95 Å². The number of fused-ring (bicyclic) bond motifs is 1. The van der Waals surface area contributed by atoms with E-state index < -0.39 is 21.5 Å². The fourth-order valence-corrected chi connectivity index (χ4v) is 6.91. The van der Waals surface area contributed by atoms with Crippen LogP contribution in [0.4, 0.5) is 26.2 Å². The van der Waals surface area contributed by atoms with E-state index in [1.54, 1.807) is 34.1 Å². The Morgan fingerprint density at radius 3 is 2.56 bits per heavy atom. The molecule has 3 fully saturated rings. The Hall–Kier alpha value is -3.68. The molecule has 1 aromatic carbocycles. The van der Waals surface area contributed by atoms with E-state index in [0.29, 0.717) is 17.3 Å². The van der Waals surface area contributed by atoms with Crippen LogP contribution in [0.25, 0.3) is 16.7 Å². The first kappa shape index (κ1) is 26.2. The lowest BCUT2D eigenvalue weighted by Gasteiger charge is -2.35. The van der Waals surface area contributed by atoms with Crippen LogP contribution in [-0.4, -0.2) is 82.6 Å². The van der Waals surface area contributed by atoms with Crippen LogP contribution < -0.4 is 15.5 Å². The van der Waals surface area contributed by atoms with Crippen LogP contribution in [0.1, 0.15) is 18.4 Å². The van der Waals surface area contributed by atoms with Crippen LogP contribution in [0.3, 0.4) is 0 Å². The quantitative estimate of drug-likeness (QED) is 0.356. The summed E-state index contributed by atoms with van der Waals surface area (Å²) in [6, 6.07) is 8.19. The molecule has 1 spiro atoms. The summed E-state index contributed by atoms with van der Waals surface area (Å²) in [5.41, 5.74) is 1.75. The van der Waals surface area contributed by atoms with Crippen molar-refractivity contribution in [2.24, 2.45) is 0 Å². The molecule has 3 aliphatic rings. The third kappa shape index (κ3) is 5.36. The fraction of sp³-hybridized carbons (Fsp3) is 0.393. The zero-order valence-electron chi connectivity index (χ0n) is 22.4. The maximum atomic E-state index is 15.2. The van der Waals surface area contributed by atoms with Gasteiger partial charge in [-0.25, -0.2) is 27.2 Å². The van der Waals surface area contributed by atoms with Gasteiger partial charge in [0, 0.05) is 86.1 Å². The van der Waals surface area contributed by atoms with Gasteiger partial charge >= 0.3 is 0 Å². The highest BCUT2D eigenvalue weighted by atomic mass is 32.2. The number of piperazine rings is 1. The summed E-state index contributed by atoms with van der Waals surface area (Å²) < 4.78 is 55.3. The second kappa shape index (κ2) is 10.00. The molecule has 0 atom stereocenters. The lowest BCUT2D eigenvalue weighted by molar-refractivity contribution is 0.278. The first-order valence-corrected chi connectivity index (χ1v) is 15.6. The van der Waals surface area contributed by atoms with E-state index in [9.17, 15) is 8.42 Å². The Kier molecular flexibility index (Phi) is 6.40. The van der Waals surface area contributed by atoms with Crippen molar-refractivity contribution in [1.29, 1.82) is 0 Å².